The molecule has 0 saturated carbocycles. The zero-order chi connectivity index (χ0) is 13.0. The van der Waals surface area contributed by atoms with Crippen LogP contribution in [-0.2, 0) is 0 Å². The minimum Gasteiger partial charge on any atom is -0.396 e. The van der Waals surface area contributed by atoms with Gasteiger partial charge in [-0.15, -0.1) is 0 Å². The van der Waals surface area contributed by atoms with Gasteiger partial charge in [0.05, 0.1) is 6.10 Å². The van der Waals surface area contributed by atoms with Crippen LogP contribution in [0.4, 0.5) is 5.69 Å². The van der Waals surface area contributed by atoms with Gasteiger partial charge < -0.3 is 15.1 Å². The molecule has 0 radical (unpaired) electrons. The molecular weight excluding hydrogens is 226 g/mol. The molecule has 1 aromatic carbocycles. The maximum atomic E-state index is 9.84. The molecule has 100 valence electrons. The Bertz CT molecular complexity index is 377. The SMILES string of the molecule is CC(O)c1ccccc1N1CCCC(CCO)C1. The van der Waals surface area contributed by atoms with Crippen LogP contribution in [0.5, 0.6) is 0 Å². The number of benzene rings is 1. The van der Waals surface area contributed by atoms with E-state index in [1.54, 1.807) is 0 Å². The van der Waals surface area contributed by atoms with Crippen LogP contribution in [0.3, 0.4) is 0 Å². The number of rotatable bonds is 4. The van der Waals surface area contributed by atoms with Gasteiger partial charge in [-0.2, -0.15) is 0 Å². The molecule has 0 aromatic heterocycles. The summed E-state index contributed by atoms with van der Waals surface area (Å²) in [6.45, 7) is 4.13. The van der Waals surface area contributed by atoms with E-state index in [-0.39, 0.29) is 6.61 Å². The predicted molar refractivity (Wildman–Crippen MR) is 73.7 cm³/mol. The van der Waals surface area contributed by atoms with Crippen molar-refractivity contribution in [3.63, 3.8) is 0 Å². The molecular formula is C15H23NO2. The van der Waals surface area contributed by atoms with E-state index in [4.69, 9.17) is 5.11 Å². The van der Waals surface area contributed by atoms with Crippen molar-refractivity contribution in [3.05, 3.63) is 29.8 Å². The first-order valence-electron chi connectivity index (χ1n) is 6.85. The van der Waals surface area contributed by atoms with E-state index < -0.39 is 6.10 Å². The third-order valence-electron chi connectivity index (χ3n) is 3.78. The summed E-state index contributed by atoms with van der Waals surface area (Å²) in [7, 11) is 0. The fraction of sp³-hybridized carbons (Fsp3) is 0.600. The molecule has 1 saturated heterocycles. The molecule has 0 bridgehead atoms. The number of piperidine rings is 1. The molecule has 18 heavy (non-hydrogen) atoms. The average molecular weight is 249 g/mol. The summed E-state index contributed by atoms with van der Waals surface area (Å²) < 4.78 is 0. The van der Waals surface area contributed by atoms with Crippen LogP contribution in [0.25, 0.3) is 0 Å². The number of aliphatic hydroxyl groups excluding tert-OH is 2. The van der Waals surface area contributed by atoms with Gasteiger partial charge in [-0.3, -0.25) is 0 Å². The average Bonchev–Trinajstić information content (AvgIpc) is 2.39. The zero-order valence-electron chi connectivity index (χ0n) is 11.0. The van der Waals surface area contributed by atoms with Crippen LogP contribution >= 0.6 is 0 Å². The van der Waals surface area contributed by atoms with E-state index in [9.17, 15) is 5.11 Å². The summed E-state index contributed by atoms with van der Waals surface area (Å²) in [5, 5.41) is 18.9. The Labute approximate surface area is 109 Å². The second-order valence-electron chi connectivity index (χ2n) is 5.20. The van der Waals surface area contributed by atoms with Gasteiger partial charge in [0.25, 0.3) is 0 Å². The van der Waals surface area contributed by atoms with E-state index in [1.165, 1.54) is 12.8 Å². The summed E-state index contributed by atoms with van der Waals surface area (Å²) in [6, 6.07) is 8.08. The number of hydrogen-bond acceptors (Lipinski definition) is 3. The summed E-state index contributed by atoms with van der Waals surface area (Å²) in [5.41, 5.74) is 2.15. The van der Waals surface area contributed by atoms with Crippen molar-refractivity contribution in [1.29, 1.82) is 0 Å². The van der Waals surface area contributed by atoms with E-state index in [1.807, 2.05) is 25.1 Å². The number of anilines is 1. The highest BCUT2D eigenvalue weighted by Crippen LogP contribution is 2.30. The number of para-hydroxylation sites is 1. The molecule has 2 N–H and O–H groups in total. The third kappa shape index (κ3) is 3.03. The molecule has 1 aromatic rings. The zero-order valence-corrected chi connectivity index (χ0v) is 11.0. The quantitative estimate of drug-likeness (QED) is 0.861. The Hall–Kier alpha value is -1.06. The Balaban J connectivity index is 2.15. The second kappa shape index (κ2) is 6.21. The number of aliphatic hydroxyl groups is 2. The number of nitrogens with zero attached hydrogens (tertiary/aromatic N) is 1. The molecule has 0 spiro atoms. The van der Waals surface area contributed by atoms with Gasteiger partial charge in [-0.1, -0.05) is 18.2 Å². The minimum absolute atomic E-state index is 0.274. The van der Waals surface area contributed by atoms with Gasteiger partial charge in [0.2, 0.25) is 0 Å². The lowest BCUT2D eigenvalue weighted by Crippen LogP contribution is -2.36. The van der Waals surface area contributed by atoms with Crippen LogP contribution in [0.15, 0.2) is 24.3 Å². The highest BCUT2D eigenvalue weighted by molar-refractivity contribution is 5.54. The highest BCUT2D eigenvalue weighted by Gasteiger charge is 2.22. The highest BCUT2D eigenvalue weighted by atomic mass is 16.3. The largest absolute Gasteiger partial charge is 0.396 e. The lowest BCUT2D eigenvalue weighted by molar-refractivity contribution is 0.199. The topological polar surface area (TPSA) is 43.7 Å². The lowest BCUT2D eigenvalue weighted by Gasteiger charge is -2.35. The van der Waals surface area contributed by atoms with Gasteiger partial charge in [-0.05, 0) is 38.2 Å². The molecule has 1 fully saturated rings. The van der Waals surface area contributed by atoms with E-state index in [2.05, 4.69) is 11.0 Å². The molecule has 0 aliphatic carbocycles. The van der Waals surface area contributed by atoms with Crippen LogP contribution in [0.2, 0.25) is 0 Å². The summed E-state index contributed by atoms with van der Waals surface area (Å²) in [5.74, 6) is 0.575. The predicted octanol–water partition coefficient (Wildman–Crippen LogP) is 2.34. The first kappa shape index (κ1) is 13.4. The first-order chi connectivity index (χ1) is 8.72. The fourth-order valence-corrected chi connectivity index (χ4v) is 2.83. The van der Waals surface area contributed by atoms with Crippen molar-refractivity contribution in [2.24, 2.45) is 5.92 Å². The Morgan fingerprint density at radius 3 is 2.89 bits per heavy atom. The van der Waals surface area contributed by atoms with Crippen molar-refractivity contribution >= 4 is 5.69 Å². The Morgan fingerprint density at radius 2 is 2.17 bits per heavy atom. The van der Waals surface area contributed by atoms with E-state index in [0.29, 0.717) is 5.92 Å². The van der Waals surface area contributed by atoms with Crippen LogP contribution in [-0.4, -0.2) is 29.9 Å². The molecule has 1 heterocycles. The molecule has 0 amide bonds. The minimum atomic E-state index is -0.431. The van der Waals surface area contributed by atoms with Crippen molar-refractivity contribution in [3.8, 4) is 0 Å². The maximum Gasteiger partial charge on any atom is 0.0781 e. The summed E-state index contributed by atoms with van der Waals surface area (Å²) in [4.78, 5) is 2.35. The fourth-order valence-electron chi connectivity index (χ4n) is 2.83. The number of hydrogen-bond donors (Lipinski definition) is 2. The van der Waals surface area contributed by atoms with Gasteiger partial charge in [-0.25, -0.2) is 0 Å². The standard InChI is InChI=1S/C15H23NO2/c1-12(18)14-6-2-3-7-15(14)16-9-4-5-13(11-16)8-10-17/h2-3,6-7,12-13,17-18H,4-5,8-11H2,1H3. The summed E-state index contributed by atoms with van der Waals surface area (Å²) in [6.07, 6.45) is 2.82. The van der Waals surface area contributed by atoms with Crippen LogP contribution in [0.1, 0.15) is 37.9 Å². The molecule has 2 unspecified atom stereocenters. The molecule has 2 rings (SSSR count). The monoisotopic (exact) mass is 249 g/mol. The molecule has 1 aliphatic rings. The molecule has 2 atom stereocenters. The van der Waals surface area contributed by atoms with Gasteiger partial charge in [0.15, 0.2) is 0 Å². The Morgan fingerprint density at radius 1 is 1.39 bits per heavy atom. The maximum absolute atomic E-state index is 9.84. The second-order valence-corrected chi connectivity index (χ2v) is 5.20. The molecule has 1 aliphatic heterocycles. The van der Waals surface area contributed by atoms with Gasteiger partial charge in [0.1, 0.15) is 0 Å². The van der Waals surface area contributed by atoms with Crippen molar-refractivity contribution in [2.75, 3.05) is 24.6 Å². The first-order valence-corrected chi connectivity index (χ1v) is 6.85. The van der Waals surface area contributed by atoms with Gasteiger partial charge >= 0.3 is 0 Å². The van der Waals surface area contributed by atoms with Crippen molar-refractivity contribution < 1.29 is 10.2 Å². The lowest BCUT2D eigenvalue weighted by atomic mass is 9.94. The smallest absolute Gasteiger partial charge is 0.0781 e. The van der Waals surface area contributed by atoms with Crippen LogP contribution in [0, 0.1) is 5.92 Å². The van der Waals surface area contributed by atoms with Crippen molar-refractivity contribution in [1.82, 2.24) is 0 Å². The molecule has 3 nitrogen and oxygen atoms in total. The summed E-state index contributed by atoms with van der Waals surface area (Å²) >= 11 is 0. The molecule has 3 heteroatoms. The third-order valence-corrected chi connectivity index (χ3v) is 3.78. The van der Waals surface area contributed by atoms with E-state index >= 15 is 0 Å². The Kier molecular flexibility index (Phi) is 4.61. The normalized spacial score (nSPS) is 21.9. The van der Waals surface area contributed by atoms with Crippen LogP contribution < -0.4 is 4.90 Å². The van der Waals surface area contributed by atoms with E-state index in [0.717, 1.165) is 30.8 Å². The van der Waals surface area contributed by atoms with Crippen molar-refractivity contribution in [2.45, 2.75) is 32.3 Å². The van der Waals surface area contributed by atoms with Gasteiger partial charge in [0, 0.05) is 30.9 Å².